The number of hydrogen-bond acceptors (Lipinski definition) is 2. The maximum atomic E-state index is 13.5. The summed E-state index contributed by atoms with van der Waals surface area (Å²) in [6.07, 6.45) is 6.68. The Morgan fingerprint density at radius 2 is 1.79 bits per heavy atom. The summed E-state index contributed by atoms with van der Waals surface area (Å²) in [6.45, 7) is 6.02. The third-order valence-corrected chi connectivity index (χ3v) is 4.28. The molecule has 0 spiro atoms. The van der Waals surface area contributed by atoms with Crippen LogP contribution in [0.2, 0.25) is 0 Å². The maximum Gasteiger partial charge on any atom is 0.677 e. The molecule has 0 unspecified atom stereocenters. The lowest BCUT2D eigenvalue weighted by atomic mass is 9.90. The first-order valence-electron chi connectivity index (χ1n) is 7.61. The van der Waals surface area contributed by atoms with E-state index in [4.69, 9.17) is 0 Å². The lowest BCUT2D eigenvalue weighted by Gasteiger charge is -2.18. The fourth-order valence-corrected chi connectivity index (χ4v) is 3.48. The van der Waals surface area contributed by atoms with Gasteiger partial charge in [-0.15, -0.1) is 12.6 Å². The predicted octanol–water partition coefficient (Wildman–Crippen LogP) is 4.87. The van der Waals surface area contributed by atoms with Gasteiger partial charge in [-0.05, 0) is 55.7 Å². The Bertz CT molecular complexity index is 857. The fourth-order valence-electron chi connectivity index (χ4n) is 3.24. The highest BCUT2D eigenvalue weighted by molar-refractivity contribution is 7.80. The van der Waals surface area contributed by atoms with E-state index in [0.29, 0.717) is 21.9 Å². The summed E-state index contributed by atoms with van der Waals surface area (Å²) in [7, 11) is -2.64. The normalized spacial score (nSPS) is 15.2. The monoisotopic (exact) mass is 342 g/mol. The van der Waals surface area contributed by atoms with Crippen molar-refractivity contribution in [1.29, 1.82) is 0 Å². The lowest BCUT2D eigenvalue weighted by Crippen LogP contribution is -2.15. The second-order valence-corrected chi connectivity index (χ2v) is 6.46. The molecule has 0 radical (unpaired) electrons. The zero-order valence-corrected chi connectivity index (χ0v) is 14.6. The number of hydrogen-bond donors (Lipinski definition) is 1. The first-order chi connectivity index (χ1) is 11.4. The Kier molecular flexibility index (Phi) is 4.50. The van der Waals surface area contributed by atoms with Gasteiger partial charge in [0.05, 0.1) is 5.70 Å². The van der Waals surface area contributed by atoms with Crippen LogP contribution in [0.1, 0.15) is 27.9 Å². The Hall–Kier alpha value is -2.08. The SMILES string of the molecule is Cc1cc(C)c(/C(=C2/C=CC=N2)c2cc(S)cn2B(F)F)c(C)c1. The molecule has 1 aromatic carbocycles. The van der Waals surface area contributed by atoms with Gasteiger partial charge >= 0.3 is 7.40 Å². The molecule has 122 valence electrons. The van der Waals surface area contributed by atoms with Crippen molar-refractivity contribution in [3.05, 3.63) is 70.2 Å². The minimum atomic E-state index is -2.64. The van der Waals surface area contributed by atoms with Crippen LogP contribution in [-0.2, 0) is 0 Å². The molecule has 1 aliphatic rings. The summed E-state index contributed by atoms with van der Waals surface area (Å²) in [5.74, 6) is 0. The number of aliphatic imine (C=N–C) groups is 1. The third-order valence-electron chi connectivity index (χ3n) is 4.04. The molecule has 3 rings (SSSR count). The van der Waals surface area contributed by atoms with Crippen molar-refractivity contribution < 1.29 is 8.63 Å². The second-order valence-electron chi connectivity index (χ2n) is 5.94. The summed E-state index contributed by atoms with van der Waals surface area (Å²) in [5, 5.41) is 0. The van der Waals surface area contributed by atoms with Gasteiger partial charge in [-0.1, -0.05) is 17.7 Å². The average Bonchev–Trinajstić information content (AvgIpc) is 3.12. The predicted molar refractivity (Wildman–Crippen MR) is 99.4 cm³/mol. The Morgan fingerprint density at radius 3 is 2.33 bits per heavy atom. The smallest absolute Gasteiger partial charge is 0.331 e. The van der Waals surface area contributed by atoms with E-state index in [0.717, 1.165) is 26.7 Å². The van der Waals surface area contributed by atoms with Gasteiger partial charge in [-0.2, -0.15) is 0 Å². The highest BCUT2D eigenvalue weighted by atomic mass is 32.1. The summed E-state index contributed by atoms with van der Waals surface area (Å²) in [5.41, 5.74) is 5.95. The Morgan fingerprint density at radius 1 is 1.12 bits per heavy atom. The largest absolute Gasteiger partial charge is 0.677 e. The molecule has 0 saturated heterocycles. The zero-order valence-electron chi connectivity index (χ0n) is 13.7. The molecule has 0 N–H and O–H groups in total. The van der Waals surface area contributed by atoms with Crippen LogP contribution in [0.4, 0.5) is 8.63 Å². The molecule has 0 bridgehead atoms. The summed E-state index contributed by atoms with van der Waals surface area (Å²) < 4.78 is 28.0. The van der Waals surface area contributed by atoms with Crippen molar-refractivity contribution in [2.24, 2.45) is 4.99 Å². The molecular weight excluding hydrogens is 325 g/mol. The average molecular weight is 342 g/mol. The highest BCUT2D eigenvalue weighted by Gasteiger charge is 2.26. The maximum absolute atomic E-state index is 13.5. The van der Waals surface area contributed by atoms with Crippen molar-refractivity contribution >= 4 is 31.8 Å². The van der Waals surface area contributed by atoms with E-state index >= 15 is 0 Å². The third kappa shape index (κ3) is 2.98. The number of aromatic nitrogens is 1. The first kappa shape index (κ1) is 16.8. The van der Waals surface area contributed by atoms with E-state index in [1.165, 1.54) is 6.20 Å². The van der Waals surface area contributed by atoms with Crippen LogP contribution in [0, 0.1) is 20.8 Å². The van der Waals surface area contributed by atoms with Gasteiger partial charge in [-0.3, -0.25) is 13.6 Å². The molecule has 0 fully saturated rings. The van der Waals surface area contributed by atoms with Crippen LogP contribution in [-0.4, -0.2) is 18.1 Å². The first-order valence-corrected chi connectivity index (χ1v) is 8.06. The van der Waals surface area contributed by atoms with Crippen LogP contribution in [0.25, 0.3) is 5.57 Å². The molecule has 1 aromatic heterocycles. The summed E-state index contributed by atoms with van der Waals surface area (Å²) in [4.78, 5) is 4.86. The van der Waals surface area contributed by atoms with Crippen LogP contribution in [0.15, 0.2) is 52.1 Å². The van der Waals surface area contributed by atoms with Crippen molar-refractivity contribution in [1.82, 2.24) is 4.48 Å². The number of rotatable bonds is 3. The molecule has 0 atom stereocenters. The Balaban J connectivity index is 2.35. The molecule has 2 nitrogen and oxygen atoms in total. The van der Waals surface area contributed by atoms with Crippen LogP contribution >= 0.6 is 12.6 Å². The highest BCUT2D eigenvalue weighted by Crippen LogP contribution is 2.36. The van der Waals surface area contributed by atoms with Crippen LogP contribution in [0.5, 0.6) is 0 Å². The van der Waals surface area contributed by atoms with Crippen molar-refractivity contribution in [2.45, 2.75) is 25.7 Å². The number of nitrogens with zero attached hydrogens (tertiary/aromatic N) is 2. The van der Waals surface area contributed by atoms with Gasteiger partial charge in [0, 0.05) is 28.6 Å². The Labute approximate surface area is 146 Å². The number of aryl methyl sites for hydroxylation is 3. The minimum Gasteiger partial charge on any atom is -0.331 e. The standard InChI is InChI=1S/C18H17BF2N2S/c1-11-7-12(2)17(13(3)8-11)18(15-5-4-6-22-15)16-9-14(24)10-23(16)19(20)21/h4-10,24H,1-3H3/b18-15-. The van der Waals surface area contributed by atoms with Gasteiger partial charge in [-0.25, -0.2) is 0 Å². The molecule has 24 heavy (non-hydrogen) atoms. The van der Waals surface area contributed by atoms with E-state index in [1.807, 2.05) is 32.9 Å². The number of halogens is 2. The van der Waals surface area contributed by atoms with Gasteiger partial charge in [0.1, 0.15) is 0 Å². The minimum absolute atomic E-state index is 0.420. The summed E-state index contributed by atoms with van der Waals surface area (Å²) >= 11 is 4.25. The topological polar surface area (TPSA) is 17.3 Å². The summed E-state index contributed by atoms with van der Waals surface area (Å²) in [6, 6.07) is 5.78. The van der Waals surface area contributed by atoms with E-state index < -0.39 is 7.40 Å². The van der Waals surface area contributed by atoms with E-state index in [9.17, 15) is 8.63 Å². The second kappa shape index (κ2) is 6.44. The van der Waals surface area contributed by atoms with Gasteiger partial charge in [0.2, 0.25) is 0 Å². The lowest BCUT2D eigenvalue weighted by molar-refractivity contribution is 0.627. The van der Waals surface area contributed by atoms with Crippen LogP contribution in [0.3, 0.4) is 0 Å². The number of allylic oxidation sites excluding steroid dienone is 2. The van der Waals surface area contributed by atoms with Crippen LogP contribution < -0.4 is 0 Å². The van der Waals surface area contributed by atoms with E-state index in [-0.39, 0.29) is 0 Å². The van der Waals surface area contributed by atoms with E-state index in [2.05, 4.69) is 29.8 Å². The molecule has 0 aliphatic carbocycles. The van der Waals surface area contributed by atoms with Gasteiger partial charge < -0.3 is 4.48 Å². The molecular formula is C18H17BF2N2S. The molecule has 0 amide bonds. The molecule has 0 saturated carbocycles. The fraction of sp³-hybridized carbons (Fsp3) is 0.167. The van der Waals surface area contributed by atoms with Gasteiger partial charge in [0.15, 0.2) is 0 Å². The zero-order chi connectivity index (χ0) is 17.4. The van der Waals surface area contributed by atoms with Crippen molar-refractivity contribution in [3.63, 3.8) is 0 Å². The van der Waals surface area contributed by atoms with E-state index in [1.54, 1.807) is 12.3 Å². The van der Waals surface area contributed by atoms with Crippen molar-refractivity contribution in [3.8, 4) is 0 Å². The number of thiol groups is 1. The molecule has 6 heteroatoms. The quantitative estimate of drug-likeness (QED) is 0.605. The molecule has 1 aliphatic heterocycles. The molecule has 2 aromatic rings. The number of benzene rings is 1. The van der Waals surface area contributed by atoms with Gasteiger partial charge in [0.25, 0.3) is 0 Å². The molecule has 2 heterocycles. The van der Waals surface area contributed by atoms with Crippen molar-refractivity contribution in [2.75, 3.05) is 0 Å².